The Morgan fingerprint density at radius 2 is 1.52 bits per heavy atom. The van der Waals surface area contributed by atoms with Gasteiger partial charge in [-0.1, -0.05) is 12.2 Å². The largest absolute Gasteiger partial charge is 0.320 e. The maximum absolute atomic E-state index is 12.8. The van der Waals surface area contributed by atoms with Crippen molar-refractivity contribution in [2.45, 2.75) is 58.0 Å². The van der Waals surface area contributed by atoms with Crippen LogP contribution in [-0.2, 0) is 9.59 Å². The molecule has 6 atom stereocenters. The fourth-order valence-corrected chi connectivity index (χ4v) is 5.35. The number of hydrogen-bond acceptors (Lipinski definition) is 3. The molecular weight excluding hydrogens is 318 g/mol. The number of carbonyl (C=O) groups excluding carboxylic acids is 3. The number of likely N-dealkylation sites (tertiary alicyclic amines) is 2. The minimum absolute atomic E-state index is 0.00111. The lowest BCUT2D eigenvalue weighted by molar-refractivity contribution is -0.140. The molecule has 1 N–H and O–H groups in total. The Bertz CT molecular complexity index is 589. The van der Waals surface area contributed by atoms with Crippen LogP contribution in [-0.4, -0.2) is 46.4 Å². The van der Waals surface area contributed by atoms with Gasteiger partial charge in [-0.3, -0.25) is 14.5 Å². The molecule has 3 aliphatic carbocycles. The number of carbonyl (C=O) groups is 3. The second-order valence-electron chi connectivity index (χ2n) is 8.12. The maximum Gasteiger partial charge on any atom is 0.319 e. The summed E-state index contributed by atoms with van der Waals surface area (Å²) in [7, 11) is 0. The molecule has 0 unspecified atom stereocenters. The predicted octanol–water partition coefficient (Wildman–Crippen LogP) is 2.11. The average molecular weight is 345 g/mol. The highest BCUT2D eigenvalue weighted by Crippen LogP contribution is 2.49. The number of rotatable bonds is 2. The van der Waals surface area contributed by atoms with E-state index in [0.717, 1.165) is 32.1 Å². The van der Waals surface area contributed by atoms with Gasteiger partial charge in [-0.05, 0) is 57.8 Å². The van der Waals surface area contributed by atoms with Crippen LogP contribution < -0.4 is 5.32 Å². The molecule has 5 aliphatic rings. The molecule has 0 radical (unpaired) electrons. The summed E-state index contributed by atoms with van der Waals surface area (Å²) in [5, 5.41) is 2.83. The van der Waals surface area contributed by atoms with Gasteiger partial charge in [0.1, 0.15) is 6.67 Å². The van der Waals surface area contributed by atoms with Gasteiger partial charge in [0.2, 0.25) is 11.8 Å². The Balaban J connectivity index is 1.43. The van der Waals surface area contributed by atoms with Gasteiger partial charge in [-0.2, -0.15) is 0 Å². The van der Waals surface area contributed by atoms with Crippen LogP contribution in [0, 0.1) is 23.7 Å². The number of piperidine rings is 1. The number of fused-ring (bicyclic) bond motifs is 1. The van der Waals surface area contributed by atoms with Gasteiger partial charge in [0.15, 0.2) is 0 Å². The molecule has 0 aromatic rings. The van der Waals surface area contributed by atoms with Crippen LogP contribution in [0.15, 0.2) is 12.2 Å². The number of allylic oxidation sites excluding steroid dienone is 2. The van der Waals surface area contributed by atoms with Gasteiger partial charge in [-0.15, -0.1) is 0 Å². The van der Waals surface area contributed by atoms with Crippen molar-refractivity contribution in [2.75, 3.05) is 6.67 Å². The van der Waals surface area contributed by atoms with Gasteiger partial charge < -0.3 is 10.2 Å². The van der Waals surface area contributed by atoms with Crippen molar-refractivity contribution < 1.29 is 14.4 Å². The highest BCUT2D eigenvalue weighted by Gasteiger charge is 2.56. The van der Waals surface area contributed by atoms with Gasteiger partial charge in [0, 0.05) is 12.1 Å². The molecular formula is C19H27N3O3. The first-order valence-electron chi connectivity index (χ1n) is 9.58. The van der Waals surface area contributed by atoms with Crippen molar-refractivity contribution in [3.05, 3.63) is 12.2 Å². The fraction of sp³-hybridized carbons (Fsp3) is 0.737. The molecule has 25 heavy (non-hydrogen) atoms. The minimum atomic E-state index is -0.207. The Morgan fingerprint density at radius 3 is 2.00 bits per heavy atom. The van der Waals surface area contributed by atoms with Crippen LogP contribution in [0.5, 0.6) is 0 Å². The molecule has 2 bridgehead atoms. The lowest BCUT2D eigenvalue weighted by Crippen LogP contribution is -2.54. The van der Waals surface area contributed by atoms with E-state index in [4.69, 9.17) is 0 Å². The van der Waals surface area contributed by atoms with Crippen LogP contribution in [0.3, 0.4) is 0 Å². The summed E-state index contributed by atoms with van der Waals surface area (Å²) < 4.78 is 0. The molecule has 5 rings (SSSR count). The van der Waals surface area contributed by atoms with Crippen molar-refractivity contribution in [3.8, 4) is 0 Å². The maximum atomic E-state index is 12.8. The molecule has 2 aliphatic heterocycles. The molecule has 0 aromatic heterocycles. The fourth-order valence-electron chi connectivity index (χ4n) is 5.35. The Hall–Kier alpha value is -1.85. The summed E-state index contributed by atoms with van der Waals surface area (Å²) in [6.07, 6.45) is 9.33. The molecule has 2 heterocycles. The molecule has 136 valence electrons. The summed E-state index contributed by atoms with van der Waals surface area (Å²) in [6, 6.07) is 0.212. The molecule has 1 saturated carbocycles. The highest BCUT2D eigenvalue weighted by molar-refractivity contribution is 6.06. The third-order valence-corrected chi connectivity index (χ3v) is 6.67. The third kappa shape index (κ3) is 2.57. The number of amides is 4. The lowest BCUT2D eigenvalue weighted by atomic mass is 9.63. The topological polar surface area (TPSA) is 69.7 Å². The second-order valence-corrected chi connectivity index (χ2v) is 8.12. The van der Waals surface area contributed by atoms with Crippen LogP contribution in [0.4, 0.5) is 4.79 Å². The van der Waals surface area contributed by atoms with E-state index < -0.39 is 0 Å². The number of hydrogen-bond donors (Lipinski definition) is 1. The van der Waals surface area contributed by atoms with Crippen molar-refractivity contribution >= 4 is 17.8 Å². The number of urea groups is 1. The van der Waals surface area contributed by atoms with Crippen LogP contribution in [0.1, 0.15) is 46.0 Å². The summed E-state index contributed by atoms with van der Waals surface area (Å²) in [5.41, 5.74) is 0. The van der Waals surface area contributed by atoms with Gasteiger partial charge in [0.25, 0.3) is 0 Å². The van der Waals surface area contributed by atoms with Gasteiger partial charge in [0.05, 0.1) is 11.8 Å². The Morgan fingerprint density at radius 1 is 1.00 bits per heavy atom. The van der Waals surface area contributed by atoms with Crippen molar-refractivity contribution in [3.63, 3.8) is 0 Å². The zero-order valence-electron chi connectivity index (χ0n) is 15.0. The predicted molar refractivity (Wildman–Crippen MR) is 92.2 cm³/mol. The summed E-state index contributed by atoms with van der Waals surface area (Å²) >= 11 is 0. The Kier molecular flexibility index (Phi) is 4.08. The van der Waals surface area contributed by atoms with Gasteiger partial charge in [-0.25, -0.2) is 4.79 Å². The smallest absolute Gasteiger partial charge is 0.319 e. The zero-order valence-corrected chi connectivity index (χ0v) is 15.0. The minimum Gasteiger partial charge on any atom is -0.320 e. The quantitative estimate of drug-likeness (QED) is 0.616. The molecule has 2 saturated heterocycles. The third-order valence-electron chi connectivity index (χ3n) is 6.67. The molecule has 4 amide bonds. The Labute approximate surface area is 148 Å². The van der Waals surface area contributed by atoms with Crippen LogP contribution >= 0.6 is 0 Å². The normalized spacial score (nSPS) is 39.8. The number of nitrogens with zero attached hydrogens (tertiary/aromatic N) is 2. The van der Waals surface area contributed by atoms with E-state index in [1.54, 1.807) is 0 Å². The van der Waals surface area contributed by atoms with E-state index in [1.165, 1.54) is 4.90 Å². The molecule has 0 aromatic carbocycles. The molecule has 6 heteroatoms. The number of imide groups is 1. The monoisotopic (exact) mass is 345 g/mol. The van der Waals surface area contributed by atoms with Crippen LogP contribution in [0.2, 0.25) is 0 Å². The second kappa shape index (κ2) is 6.15. The average Bonchev–Trinajstić information content (AvgIpc) is 2.87. The molecule has 6 nitrogen and oxygen atoms in total. The van der Waals surface area contributed by atoms with E-state index in [9.17, 15) is 14.4 Å². The first-order chi connectivity index (χ1) is 12.0. The summed E-state index contributed by atoms with van der Waals surface area (Å²) in [5.74, 6) is -0.242. The van der Waals surface area contributed by atoms with Gasteiger partial charge >= 0.3 is 6.03 Å². The molecule has 0 spiro atoms. The standard InChI is InChI=1S/C19H27N3O3/c1-11-4-3-5-12(2)22(11)19(25)20-10-21-17(23)15-13-6-7-14(9-8-13)16(15)18(21)24/h6-7,11-16H,3-5,8-10H2,1-2H3,(H,20,25)/t11-,12+,13-,14-,15-,16+/m0/s1. The van der Waals surface area contributed by atoms with Crippen LogP contribution in [0.25, 0.3) is 0 Å². The zero-order chi connectivity index (χ0) is 17.7. The summed E-state index contributed by atoms with van der Waals surface area (Å²) in [4.78, 5) is 41.3. The van der Waals surface area contributed by atoms with Crippen molar-refractivity contribution in [2.24, 2.45) is 23.7 Å². The first kappa shape index (κ1) is 16.6. The van der Waals surface area contributed by atoms with Crippen molar-refractivity contribution in [1.82, 2.24) is 15.1 Å². The number of nitrogens with one attached hydrogen (secondary N) is 1. The first-order valence-corrected chi connectivity index (χ1v) is 9.58. The summed E-state index contributed by atoms with van der Waals surface area (Å²) in [6.45, 7) is 4.11. The van der Waals surface area contributed by atoms with E-state index >= 15 is 0 Å². The van der Waals surface area contributed by atoms with E-state index in [-0.39, 0.29) is 60.3 Å². The lowest BCUT2D eigenvalue weighted by Gasteiger charge is -2.39. The molecule has 3 fully saturated rings. The SMILES string of the molecule is C[C@@H]1CCC[C@H](C)N1C(=O)NCN1C(=O)[C@@H]2[C@H](C1=O)[C@H]1C=C[C@H]2CC1. The van der Waals surface area contributed by atoms with E-state index in [2.05, 4.69) is 31.3 Å². The van der Waals surface area contributed by atoms with Crippen molar-refractivity contribution in [1.29, 1.82) is 0 Å². The highest BCUT2D eigenvalue weighted by atomic mass is 16.2. The van der Waals surface area contributed by atoms with E-state index in [0.29, 0.717) is 0 Å². The van der Waals surface area contributed by atoms with E-state index in [1.807, 2.05) is 4.90 Å².